The molecule has 1 aliphatic rings. The fourth-order valence-corrected chi connectivity index (χ4v) is 1.65. The SMILES string of the molecule is CCc1ccc(OC2CCOCC2)nc1. The summed E-state index contributed by atoms with van der Waals surface area (Å²) in [5, 5.41) is 0. The second-order valence-electron chi connectivity index (χ2n) is 3.79. The van der Waals surface area contributed by atoms with Crippen LogP contribution in [0.2, 0.25) is 0 Å². The lowest BCUT2D eigenvalue weighted by atomic mass is 10.1. The van der Waals surface area contributed by atoms with Crippen molar-refractivity contribution in [2.24, 2.45) is 0 Å². The number of hydrogen-bond donors (Lipinski definition) is 0. The average Bonchev–Trinajstić information content (AvgIpc) is 2.31. The van der Waals surface area contributed by atoms with Gasteiger partial charge in [0.2, 0.25) is 5.88 Å². The van der Waals surface area contributed by atoms with E-state index < -0.39 is 0 Å². The van der Waals surface area contributed by atoms with Gasteiger partial charge in [-0.1, -0.05) is 13.0 Å². The minimum absolute atomic E-state index is 0.277. The summed E-state index contributed by atoms with van der Waals surface area (Å²) in [7, 11) is 0. The first-order valence-corrected chi connectivity index (χ1v) is 5.58. The molecule has 0 aromatic carbocycles. The maximum atomic E-state index is 5.76. The summed E-state index contributed by atoms with van der Waals surface area (Å²) >= 11 is 0. The Morgan fingerprint density at radius 1 is 1.40 bits per heavy atom. The van der Waals surface area contributed by atoms with Crippen molar-refractivity contribution in [3.63, 3.8) is 0 Å². The van der Waals surface area contributed by atoms with Crippen molar-refractivity contribution in [1.29, 1.82) is 0 Å². The lowest BCUT2D eigenvalue weighted by Gasteiger charge is -2.22. The quantitative estimate of drug-likeness (QED) is 0.761. The number of nitrogens with zero attached hydrogens (tertiary/aromatic N) is 1. The first-order valence-electron chi connectivity index (χ1n) is 5.58. The van der Waals surface area contributed by atoms with E-state index in [4.69, 9.17) is 9.47 Å². The summed E-state index contributed by atoms with van der Waals surface area (Å²) in [6.07, 6.45) is 5.12. The van der Waals surface area contributed by atoms with E-state index in [1.807, 2.05) is 12.3 Å². The zero-order valence-electron chi connectivity index (χ0n) is 9.11. The van der Waals surface area contributed by atoms with Gasteiger partial charge in [-0.15, -0.1) is 0 Å². The van der Waals surface area contributed by atoms with E-state index >= 15 is 0 Å². The first kappa shape index (κ1) is 10.4. The van der Waals surface area contributed by atoms with Gasteiger partial charge in [0.05, 0.1) is 13.2 Å². The molecule has 0 bridgehead atoms. The third kappa shape index (κ3) is 2.93. The molecule has 1 saturated heterocycles. The highest BCUT2D eigenvalue weighted by Gasteiger charge is 2.15. The highest BCUT2D eigenvalue weighted by Crippen LogP contribution is 2.15. The summed E-state index contributed by atoms with van der Waals surface area (Å²) in [5.41, 5.74) is 1.24. The molecular formula is C12H17NO2. The molecule has 1 fully saturated rings. The van der Waals surface area contributed by atoms with Gasteiger partial charge in [0.25, 0.3) is 0 Å². The Bertz CT molecular complexity index is 291. The molecule has 82 valence electrons. The van der Waals surface area contributed by atoms with Gasteiger partial charge in [0.1, 0.15) is 6.10 Å². The van der Waals surface area contributed by atoms with Crippen molar-refractivity contribution >= 4 is 0 Å². The van der Waals surface area contributed by atoms with Crippen LogP contribution in [0.25, 0.3) is 0 Å². The minimum Gasteiger partial charge on any atom is -0.474 e. The van der Waals surface area contributed by atoms with Crippen LogP contribution < -0.4 is 4.74 Å². The average molecular weight is 207 g/mol. The number of rotatable bonds is 3. The second kappa shape index (κ2) is 5.12. The van der Waals surface area contributed by atoms with E-state index in [1.54, 1.807) is 0 Å². The molecule has 3 nitrogen and oxygen atoms in total. The molecule has 0 N–H and O–H groups in total. The monoisotopic (exact) mass is 207 g/mol. The Hall–Kier alpha value is -1.09. The number of aryl methyl sites for hydroxylation is 1. The van der Waals surface area contributed by atoms with E-state index in [1.165, 1.54) is 5.56 Å². The molecule has 3 heteroatoms. The van der Waals surface area contributed by atoms with Crippen LogP contribution in [-0.4, -0.2) is 24.3 Å². The lowest BCUT2D eigenvalue weighted by Crippen LogP contribution is -2.26. The maximum Gasteiger partial charge on any atom is 0.213 e. The second-order valence-corrected chi connectivity index (χ2v) is 3.79. The third-order valence-corrected chi connectivity index (χ3v) is 2.66. The standard InChI is InChI=1S/C12H17NO2/c1-2-10-3-4-12(13-9-10)15-11-5-7-14-8-6-11/h3-4,9,11H,2,5-8H2,1H3. The molecular weight excluding hydrogens is 190 g/mol. The van der Waals surface area contributed by atoms with E-state index in [9.17, 15) is 0 Å². The lowest BCUT2D eigenvalue weighted by molar-refractivity contribution is 0.0237. The number of aromatic nitrogens is 1. The van der Waals surface area contributed by atoms with E-state index in [0.717, 1.165) is 38.4 Å². The number of pyridine rings is 1. The van der Waals surface area contributed by atoms with Crippen molar-refractivity contribution in [3.05, 3.63) is 23.9 Å². The van der Waals surface area contributed by atoms with Crippen molar-refractivity contribution in [2.75, 3.05) is 13.2 Å². The van der Waals surface area contributed by atoms with Gasteiger partial charge in [0.15, 0.2) is 0 Å². The molecule has 0 spiro atoms. The van der Waals surface area contributed by atoms with Crippen LogP contribution in [0.5, 0.6) is 5.88 Å². The Kier molecular flexibility index (Phi) is 3.56. The normalized spacial score (nSPS) is 17.7. The summed E-state index contributed by atoms with van der Waals surface area (Å²) in [6, 6.07) is 4.02. The Morgan fingerprint density at radius 2 is 2.20 bits per heavy atom. The molecule has 1 aromatic rings. The minimum atomic E-state index is 0.277. The van der Waals surface area contributed by atoms with Crippen LogP contribution in [0.1, 0.15) is 25.3 Å². The predicted molar refractivity (Wildman–Crippen MR) is 58.1 cm³/mol. The van der Waals surface area contributed by atoms with Crippen LogP contribution in [-0.2, 0) is 11.2 Å². The van der Waals surface area contributed by atoms with Crippen LogP contribution in [0.15, 0.2) is 18.3 Å². The van der Waals surface area contributed by atoms with Gasteiger partial charge in [-0.25, -0.2) is 4.98 Å². The van der Waals surface area contributed by atoms with Crippen molar-refractivity contribution in [2.45, 2.75) is 32.3 Å². The summed E-state index contributed by atoms with van der Waals surface area (Å²) in [6.45, 7) is 3.73. The topological polar surface area (TPSA) is 31.4 Å². The van der Waals surface area contributed by atoms with E-state index in [-0.39, 0.29) is 6.10 Å². The molecule has 0 unspecified atom stereocenters. The fourth-order valence-electron chi connectivity index (χ4n) is 1.65. The maximum absolute atomic E-state index is 5.76. The molecule has 2 rings (SSSR count). The van der Waals surface area contributed by atoms with Crippen LogP contribution in [0, 0.1) is 0 Å². The Labute approximate surface area is 90.4 Å². The highest BCUT2D eigenvalue weighted by atomic mass is 16.5. The van der Waals surface area contributed by atoms with Gasteiger partial charge >= 0.3 is 0 Å². The summed E-state index contributed by atoms with van der Waals surface area (Å²) in [5.74, 6) is 0.735. The van der Waals surface area contributed by atoms with E-state index in [2.05, 4.69) is 18.0 Å². The van der Waals surface area contributed by atoms with Crippen LogP contribution in [0.3, 0.4) is 0 Å². The molecule has 0 aliphatic carbocycles. The summed E-state index contributed by atoms with van der Waals surface area (Å²) < 4.78 is 11.0. The smallest absolute Gasteiger partial charge is 0.213 e. The molecule has 2 heterocycles. The molecule has 1 aromatic heterocycles. The van der Waals surface area contributed by atoms with Gasteiger partial charge in [-0.3, -0.25) is 0 Å². The molecule has 0 radical (unpaired) electrons. The zero-order valence-corrected chi connectivity index (χ0v) is 9.11. The number of ether oxygens (including phenoxy) is 2. The molecule has 0 saturated carbocycles. The molecule has 0 atom stereocenters. The third-order valence-electron chi connectivity index (χ3n) is 2.66. The van der Waals surface area contributed by atoms with Gasteiger partial charge < -0.3 is 9.47 Å². The fraction of sp³-hybridized carbons (Fsp3) is 0.583. The molecule has 15 heavy (non-hydrogen) atoms. The van der Waals surface area contributed by atoms with Crippen LogP contribution in [0.4, 0.5) is 0 Å². The van der Waals surface area contributed by atoms with Gasteiger partial charge in [-0.2, -0.15) is 0 Å². The van der Waals surface area contributed by atoms with Crippen molar-refractivity contribution < 1.29 is 9.47 Å². The van der Waals surface area contributed by atoms with Gasteiger partial charge in [0, 0.05) is 25.1 Å². The Balaban J connectivity index is 1.91. The predicted octanol–water partition coefficient (Wildman–Crippen LogP) is 2.20. The van der Waals surface area contributed by atoms with E-state index in [0.29, 0.717) is 0 Å². The van der Waals surface area contributed by atoms with Crippen LogP contribution >= 0.6 is 0 Å². The van der Waals surface area contributed by atoms with Gasteiger partial charge in [-0.05, 0) is 12.0 Å². The number of hydrogen-bond acceptors (Lipinski definition) is 3. The molecule has 0 amide bonds. The highest BCUT2D eigenvalue weighted by molar-refractivity contribution is 5.17. The molecule has 1 aliphatic heterocycles. The first-order chi connectivity index (χ1) is 7.38. The Morgan fingerprint density at radius 3 is 2.80 bits per heavy atom. The zero-order chi connectivity index (χ0) is 10.5. The van der Waals surface area contributed by atoms with Crippen molar-refractivity contribution in [1.82, 2.24) is 4.98 Å². The van der Waals surface area contributed by atoms with Crippen molar-refractivity contribution in [3.8, 4) is 5.88 Å². The summed E-state index contributed by atoms with van der Waals surface area (Å²) in [4.78, 5) is 4.28. The largest absolute Gasteiger partial charge is 0.474 e.